The predicted molar refractivity (Wildman–Crippen MR) is 144 cm³/mol. The van der Waals surface area contributed by atoms with E-state index >= 15 is 0 Å². The number of benzene rings is 3. The number of fused-ring (bicyclic) bond motifs is 1. The summed E-state index contributed by atoms with van der Waals surface area (Å²) >= 11 is 0. The number of aromatic nitrogens is 1. The second-order valence-corrected chi connectivity index (χ2v) is 10.8. The van der Waals surface area contributed by atoms with Gasteiger partial charge in [-0.2, -0.15) is 0 Å². The fraction of sp³-hybridized carbons (Fsp3) is 0.276. The van der Waals surface area contributed by atoms with Crippen LogP contribution in [0.4, 0.5) is 0 Å². The highest BCUT2D eigenvalue weighted by atomic mass is 31.2. The third-order valence-electron chi connectivity index (χ3n) is 6.41. The normalized spacial score (nSPS) is 11.7. The van der Waals surface area contributed by atoms with Crippen molar-refractivity contribution < 1.29 is 14.4 Å². The lowest BCUT2D eigenvalue weighted by Gasteiger charge is -2.12. The van der Waals surface area contributed by atoms with Crippen molar-refractivity contribution >= 4 is 18.5 Å². The Hall–Kier alpha value is -2.82. The van der Waals surface area contributed by atoms with E-state index in [-0.39, 0.29) is 6.16 Å². The zero-order valence-corrected chi connectivity index (χ0v) is 21.0. The van der Waals surface area contributed by atoms with E-state index in [2.05, 4.69) is 84.0 Å². The smallest absolute Gasteiger partial charge is 0.324 e. The van der Waals surface area contributed by atoms with Crippen molar-refractivity contribution in [1.29, 1.82) is 0 Å². The average molecular weight is 489 g/mol. The Balaban J connectivity index is 1.41. The molecule has 4 rings (SSSR count). The number of aryl methyl sites for hydroxylation is 3. The summed E-state index contributed by atoms with van der Waals surface area (Å²) in [7, 11) is -3.94. The van der Waals surface area contributed by atoms with Crippen molar-refractivity contribution in [3.8, 4) is 11.1 Å². The van der Waals surface area contributed by atoms with Gasteiger partial charge in [0.2, 0.25) is 0 Å². The highest BCUT2D eigenvalue weighted by Crippen LogP contribution is 2.34. The summed E-state index contributed by atoms with van der Waals surface area (Å²) in [6, 6.07) is 25.8. The number of rotatable bonds is 11. The van der Waals surface area contributed by atoms with Crippen LogP contribution in [-0.4, -0.2) is 27.5 Å². The second kappa shape index (κ2) is 11.7. The van der Waals surface area contributed by atoms with E-state index in [1.807, 2.05) is 6.07 Å². The third-order valence-corrected chi connectivity index (χ3v) is 7.31. The molecule has 0 aliphatic carbocycles. The van der Waals surface area contributed by atoms with E-state index in [0.717, 1.165) is 41.3 Å². The molecule has 0 radical (unpaired) electrons. The van der Waals surface area contributed by atoms with Gasteiger partial charge in [-0.05, 0) is 78.6 Å². The van der Waals surface area contributed by atoms with Gasteiger partial charge in [-0.3, -0.25) is 9.55 Å². The maximum Gasteiger partial charge on any atom is 0.325 e. The minimum absolute atomic E-state index is 0.0974. The van der Waals surface area contributed by atoms with E-state index < -0.39 is 7.60 Å². The number of hydrogen-bond donors (Lipinski definition) is 3. The molecule has 1 aromatic heterocycles. The van der Waals surface area contributed by atoms with Crippen LogP contribution in [0.15, 0.2) is 79.0 Å². The molecular formula is C29H33N2O3P. The summed E-state index contributed by atoms with van der Waals surface area (Å²) in [6.45, 7) is 3.33. The molecule has 0 saturated heterocycles. The molecule has 0 amide bonds. The Bertz CT molecular complexity index is 1320. The summed E-state index contributed by atoms with van der Waals surface area (Å²) in [5.41, 5.74) is 8.50. The summed E-state index contributed by atoms with van der Waals surface area (Å²) in [6.07, 6.45) is 5.43. The Morgan fingerprint density at radius 1 is 0.857 bits per heavy atom. The Morgan fingerprint density at radius 2 is 1.66 bits per heavy atom. The average Bonchev–Trinajstić information content (AvgIpc) is 2.85. The van der Waals surface area contributed by atoms with Crippen LogP contribution in [0.25, 0.3) is 22.0 Å². The molecule has 0 atom stereocenters. The molecule has 0 aliphatic heterocycles. The highest BCUT2D eigenvalue weighted by molar-refractivity contribution is 7.51. The van der Waals surface area contributed by atoms with Gasteiger partial charge in [0.15, 0.2) is 0 Å². The van der Waals surface area contributed by atoms with Crippen LogP contribution in [0.2, 0.25) is 0 Å². The molecule has 3 aromatic carbocycles. The van der Waals surface area contributed by atoms with Crippen LogP contribution >= 0.6 is 7.60 Å². The van der Waals surface area contributed by atoms with Crippen LogP contribution in [-0.2, 0) is 24.0 Å². The topological polar surface area (TPSA) is 82.5 Å². The molecule has 3 N–H and O–H groups in total. The first-order valence-electron chi connectivity index (χ1n) is 12.2. The SMILES string of the molecule is Cc1ccccc1CCCc1ccc(-c2ccc(CNCCCP(=O)(O)O)c3ncccc23)cc1. The fourth-order valence-corrected chi connectivity index (χ4v) is 5.05. The molecule has 0 spiro atoms. The lowest BCUT2D eigenvalue weighted by atomic mass is 9.95. The van der Waals surface area contributed by atoms with Gasteiger partial charge in [0.25, 0.3) is 0 Å². The summed E-state index contributed by atoms with van der Waals surface area (Å²) in [5, 5.41) is 4.39. The molecule has 6 heteroatoms. The van der Waals surface area contributed by atoms with Crippen molar-refractivity contribution in [2.45, 2.75) is 39.2 Å². The lowest BCUT2D eigenvalue weighted by Crippen LogP contribution is -2.16. The lowest BCUT2D eigenvalue weighted by molar-refractivity contribution is 0.371. The van der Waals surface area contributed by atoms with Crippen LogP contribution in [0.5, 0.6) is 0 Å². The zero-order valence-electron chi connectivity index (χ0n) is 20.2. The van der Waals surface area contributed by atoms with Crippen molar-refractivity contribution in [3.05, 3.63) is 101 Å². The van der Waals surface area contributed by atoms with E-state index in [9.17, 15) is 4.57 Å². The zero-order chi connectivity index (χ0) is 24.7. The quantitative estimate of drug-likeness (QED) is 0.177. The molecule has 5 nitrogen and oxygen atoms in total. The van der Waals surface area contributed by atoms with Gasteiger partial charge in [-0.1, -0.05) is 66.7 Å². The summed E-state index contributed by atoms with van der Waals surface area (Å²) in [4.78, 5) is 22.6. The third kappa shape index (κ3) is 7.09. The van der Waals surface area contributed by atoms with Gasteiger partial charge < -0.3 is 15.1 Å². The maximum atomic E-state index is 11.0. The molecule has 0 aliphatic rings. The Morgan fingerprint density at radius 3 is 2.43 bits per heavy atom. The van der Waals surface area contributed by atoms with Crippen LogP contribution in [0.1, 0.15) is 35.1 Å². The van der Waals surface area contributed by atoms with Crippen molar-refractivity contribution in [3.63, 3.8) is 0 Å². The molecule has 1 heterocycles. The molecule has 182 valence electrons. The highest BCUT2D eigenvalue weighted by Gasteiger charge is 2.12. The van der Waals surface area contributed by atoms with Crippen molar-refractivity contribution in [2.75, 3.05) is 12.7 Å². The van der Waals surface area contributed by atoms with Crippen LogP contribution < -0.4 is 5.32 Å². The fourth-order valence-electron chi connectivity index (χ4n) is 4.48. The molecule has 0 fully saturated rings. The van der Waals surface area contributed by atoms with Crippen LogP contribution in [0.3, 0.4) is 0 Å². The standard InChI is InChI=1S/C29H33N2O3P/c1-22-7-2-3-9-24(22)10-4-8-23-12-14-25(15-13-23)27-17-16-26(29-28(27)11-5-19-31-29)21-30-18-6-20-35(32,33)34/h2-3,5,7,9,11-17,19,30H,4,6,8,10,18,20-21H2,1H3,(H2,32,33,34). The monoisotopic (exact) mass is 488 g/mol. The Labute approximate surface area is 207 Å². The first kappa shape index (κ1) is 25.3. The number of hydrogen-bond acceptors (Lipinski definition) is 3. The van der Waals surface area contributed by atoms with Crippen LogP contribution in [0, 0.1) is 6.92 Å². The minimum atomic E-state index is -3.94. The van der Waals surface area contributed by atoms with E-state index in [0.29, 0.717) is 19.5 Å². The van der Waals surface area contributed by atoms with E-state index in [1.54, 1.807) is 6.20 Å². The van der Waals surface area contributed by atoms with Gasteiger partial charge in [-0.15, -0.1) is 0 Å². The Kier molecular flexibility index (Phi) is 8.48. The minimum Gasteiger partial charge on any atom is -0.324 e. The molecule has 4 aromatic rings. The van der Waals surface area contributed by atoms with Gasteiger partial charge in [0, 0.05) is 18.1 Å². The second-order valence-electron chi connectivity index (χ2n) is 9.07. The molecule has 0 saturated carbocycles. The largest absolute Gasteiger partial charge is 0.325 e. The summed E-state index contributed by atoms with van der Waals surface area (Å²) in [5.74, 6) is 0. The van der Waals surface area contributed by atoms with Crippen molar-refractivity contribution in [1.82, 2.24) is 10.3 Å². The molecule has 0 unspecified atom stereocenters. The molecule has 35 heavy (non-hydrogen) atoms. The number of pyridine rings is 1. The first-order chi connectivity index (χ1) is 16.9. The number of nitrogens with one attached hydrogen (secondary N) is 1. The van der Waals surface area contributed by atoms with Gasteiger partial charge in [-0.25, -0.2) is 0 Å². The first-order valence-corrected chi connectivity index (χ1v) is 14.0. The summed E-state index contributed by atoms with van der Waals surface area (Å²) < 4.78 is 11.0. The maximum absolute atomic E-state index is 11.0. The molecule has 0 bridgehead atoms. The van der Waals surface area contributed by atoms with Gasteiger partial charge in [0.05, 0.1) is 11.7 Å². The molecular weight excluding hydrogens is 455 g/mol. The van der Waals surface area contributed by atoms with Gasteiger partial charge in [0.1, 0.15) is 0 Å². The number of nitrogens with zero attached hydrogens (tertiary/aromatic N) is 1. The van der Waals surface area contributed by atoms with E-state index in [1.165, 1.54) is 22.3 Å². The van der Waals surface area contributed by atoms with E-state index in [4.69, 9.17) is 9.79 Å². The van der Waals surface area contributed by atoms with Crippen molar-refractivity contribution in [2.24, 2.45) is 0 Å². The van der Waals surface area contributed by atoms with Gasteiger partial charge >= 0.3 is 7.60 Å². The predicted octanol–water partition coefficient (Wildman–Crippen LogP) is 6.04.